The molecule has 0 saturated heterocycles. The Bertz CT molecular complexity index is 1880. The molecule has 2 heterocycles. The highest BCUT2D eigenvalue weighted by molar-refractivity contribution is 5.86. The molecule has 0 aliphatic carbocycles. The van der Waals surface area contributed by atoms with Gasteiger partial charge in [-0.2, -0.15) is 0 Å². The van der Waals surface area contributed by atoms with Gasteiger partial charge in [-0.3, -0.25) is 9.59 Å². The molecule has 0 spiro atoms. The highest BCUT2D eigenvalue weighted by atomic mass is 16.5. The zero-order chi connectivity index (χ0) is 39.7. The molecule has 3 amide bonds. The minimum Gasteiger partial charge on any atom is -0.490 e. The number of rotatable bonds is 14. The van der Waals surface area contributed by atoms with Crippen molar-refractivity contribution in [2.45, 2.75) is 70.4 Å². The summed E-state index contributed by atoms with van der Waals surface area (Å²) in [6.45, 7) is 5.48. The van der Waals surface area contributed by atoms with Crippen LogP contribution in [-0.2, 0) is 27.2 Å². The van der Waals surface area contributed by atoms with Crippen LogP contribution in [0.5, 0.6) is 5.75 Å². The Hall–Kier alpha value is -5.46. The van der Waals surface area contributed by atoms with E-state index >= 15 is 0 Å². The van der Waals surface area contributed by atoms with Crippen molar-refractivity contribution in [2.75, 3.05) is 32.7 Å². The van der Waals surface area contributed by atoms with E-state index in [0.29, 0.717) is 17.7 Å². The van der Waals surface area contributed by atoms with E-state index in [-0.39, 0.29) is 25.4 Å². The first-order valence-electron chi connectivity index (χ1n) is 18.5. The van der Waals surface area contributed by atoms with Crippen LogP contribution >= 0.6 is 0 Å². The lowest BCUT2D eigenvalue weighted by Gasteiger charge is -2.34. The number of fused-ring (bicyclic) bond motifs is 1. The Balaban J connectivity index is 1.43. The zero-order valence-electron chi connectivity index (χ0n) is 32.4. The van der Waals surface area contributed by atoms with Crippen LogP contribution < -0.4 is 25.6 Å². The summed E-state index contributed by atoms with van der Waals surface area (Å²) in [7, 11) is 5.09. The molecule has 1 aromatic heterocycles. The first-order chi connectivity index (χ1) is 26.2. The van der Waals surface area contributed by atoms with Gasteiger partial charge in [0, 0.05) is 37.3 Å². The molecule has 12 heteroatoms. The highest BCUT2D eigenvalue weighted by Crippen LogP contribution is 2.33. The van der Waals surface area contributed by atoms with E-state index in [9.17, 15) is 24.6 Å². The first kappa shape index (κ1) is 40.7. The van der Waals surface area contributed by atoms with Gasteiger partial charge < -0.3 is 40.5 Å². The van der Waals surface area contributed by atoms with Gasteiger partial charge in [-0.1, -0.05) is 93.6 Å². The predicted octanol–water partition coefficient (Wildman–Crippen LogP) is 4.83. The SMILES string of the molecule is COC(=O)N[C@H](C(=O)N[C@@H](Cc1ccc(-c2ccc(N(C)C)nc2)cc1)[C@@H](O)C[C@@H](Cc1ccccc1)C(=O)N[C@H]1c2ccccc2OC[C@H]1O)C(C)(C)C. The topological polar surface area (TPSA) is 162 Å². The molecule has 1 aliphatic heterocycles. The lowest BCUT2D eigenvalue weighted by atomic mass is 9.85. The van der Waals surface area contributed by atoms with Crippen molar-refractivity contribution in [1.82, 2.24) is 20.9 Å². The number of benzene rings is 3. The van der Waals surface area contributed by atoms with Crippen LogP contribution in [0.4, 0.5) is 10.6 Å². The molecule has 0 unspecified atom stereocenters. The van der Waals surface area contributed by atoms with E-state index < -0.39 is 53.7 Å². The molecule has 0 saturated carbocycles. The number of nitrogens with zero attached hydrogens (tertiary/aromatic N) is 2. The van der Waals surface area contributed by atoms with Gasteiger partial charge in [0.25, 0.3) is 0 Å². The number of ether oxygens (including phenoxy) is 2. The maximum absolute atomic E-state index is 14.2. The second-order valence-corrected chi connectivity index (χ2v) is 15.3. The second-order valence-electron chi connectivity index (χ2n) is 15.3. The molecular formula is C43H53N5O7. The number of hydrogen-bond donors (Lipinski definition) is 5. The van der Waals surface area contributed by atoms with Gasteiger partial charge in [0.05, 0.1) is 25.3 Å². The van der Waals surface area contributed by atoms with Gasteiger partial charge in [0.2, 0.25) is 11.8 Å². The van der Waals surface area contributed by atoms with Crippen molar-refractivity contribution in [1.29, 1.82) is 0 Å². The minimum absolute atomic E-state index is 0.0147. The number of alkyl carbamates (subject to hydrolysis) is 1. The fourth-order valence-corrected chi connectivity index (χ4v) is 6.74. The fourth-order valence-electron chi connectivity index (χ4n) is 6.74. The molecule has 1 aliphatic rings. The average molecular weight is 752 g/mol. The molecule has 0 bridgehead atoms. The lowest BCUT2D eigenvalue weighted by Crippen LogP contribution is -2.57. The van der Waals surface area contributed by atoms with Crippen molar-refractivity contribution in [3.8, 4) is 16.9 Å². The predicted molar refractivity (Wildman–Crippen MR) is 212 cm³/mol. The number of carbonyl (C=O) groups is 3. The van der Waals surface area contributed by atoms with Crippen LogP contribution in [0.15, 0.2) is 97.2 Å². The average Bonchev–Trinajstić information content (AvgIpc) is 3.17. The highest BCUT2D eigenvalue weighted by Gasteiger charge is 2.37. The number of aromatic nitrogens is 1. The molecule has 5 rings (SSSR count). The number of hydrogen-bond acceptors (Lipinski definition) is 9. The van der Waals surface area contributed by atoms with Crippen molar-refractivity contribution in [2.24, 2.45) is 11.3 Å². The van der Waals surface area contributed by atoms with Crippen molar-refractivity contribution >= 4 is 23.7 Å². The second kappa shape index (κ2) is 18.2. The third-order valence-corrected chi connectivity index (χ3v) is 9.88. The number of methoxy groups -OCH3 is 1. The van der Waals surface area contributed by atoms with E-state index in [1.165, 1.54) is 7.11 Å². The summed E-state index contributed by atoms with van der Waals surface area (Å²) in [6.07, 6.45) is -0.605. The monoisotopic (exact) mass is 751 g/mol. The summed E-state index contributed by atoms with van der Waals surface area (Å²) in [5.41, 5.74) is 3.58. The molecule has 6 atom stereocenters. The number of amides is 3. The maximum atomic E-state index is 14.2. The molecule has 0 fully saturated rings. The van der Waals surface area contributed by atoms with Gasteiger partial charge in [0.15, 0.2) is 0 Å². The quantitative estimate of drug-likeness (QED) is 0.122. The Morgan fingerprint density at radius 2 is 1.53 bits per heavy atom. The summed E-state index contributed by atoms with van der Waals surface area (Å²) in [4.78, 5) is 46.9. The fraction of sp³-hybridized carbons (Fsp3) is 0.395. The van der Waals surface area contributed by atoms with Gasteiger partial charge in [-0.25, -0.2) is 9.78 Å². The third kappa shape index (κ3) is 10.8. The standard InChI is InChI=1S/C43H53N5O7/c1-43(2,3)39(47-42(53)54-6)41(52)45-33(23-28-16-18-29(19-17-28)30-20-21-37(44-25-30)48(4)5)34(49)24-31(22-27-12-8-7-9-13-27)40(51)46-38-32-14-10-11-15-36(32)55-26-35(38)50/h7-21,25,31,33-35,38-39,49-50H,22-24,26H2,1-6H3,(H,45,52)(H,46,51)(H,47,53)/t31-,33+,34+,35-,38+,39-/m1/s1. The van der Waals surface area contributed by atoms with Crippen LogP contribution in [0.3, 0.4) is 0 Å². The number of carbonyl (C=O) groups excluding carboxylic acids is 3. The lowest BCUT2D eigenvalue weighted by molar-refractivity contribution is -0.128. The number of anilines is 1. The first-order valence-corrected chi connectivity index (χ1v) is 18.5. The Labute approximate surface area is 323 Å². The molecule has 3 aromatic carbocycles. The Morgan fingerprint density at radius 1 is 0.873 bits per heavy atom. The van der Waals surface area contributed by atoms with E-state index in [4.69, 9.17) is 9.47 Å². The van der Waals surface area contributed by atoms with Gasteiger partial charge >= 0.3 is 6.09 Å². The van der Waals surface area contributed by atoms with Crippen molar-refractivity contribution < 1.29 is 34.1 Å². The van der Waals surface area contributed by atoms with E-state index in [1.807, 2.05) is 131 Å². The molecule has 12 nitrogen and oxygen atoms in total. The summed E-state index contributed by atoms with van der Waals surface area (Å²) < 4.78 is 10.5. The van der Waals surface area contributed by atoms with E-state index in [1.54, 1.807) is 6.07 Å². The van der Waals surface area contributed by atoms with Gasteiger partial charge in [-0.15, -0.1) is 0 Å². The summed E-state index contributed by atoms with van der Waals surface area (Å²) in [5.74, 6) is -0.173. The number of aliphatic hydroxyl groups excluding tert-OH is 2. The summed E-state index contributed by atoms with van der Waals surface area (Å²) in [6, 6.07) is 25.9. The Kier molecular flexibility index (Phi) is 13.5. The van der Waals surface area contributed by atoms with Crippen molar-refractivity contribution in [3.05, 3.63) is 114 Å². The number of pyridine rings is 1. The van der Waals surface area contributed by atoms with Crippen LogP contribution in [-0.4, -0.2) is 85.2 Å². The molecular weight excluding hydrogens is 699 g/mol. The van der Waals surface area contributed by atoms with Crippen LogP contribution in [0.1, 0.15) is 49.9 Å². The zero-order valence-corrected chi connectivity index (χ0v) is 32.4. The van der Waals surface area contributed by atoms with Gasteiger partial charge in [0.1, 0.15) is 30.3 Å². The molecule has 55 heavy (non-hydrogen) atoms. The normalized spacial score (nSPS) is 17.3. The largest absolute Gasteiger partial charge is 0.490 e. The summed E-state index contributed by atoms with van der Waals surface area (Å²) >= 11 is 0. The maximum Gasteiger partial charge on any atom is 0.407 e. The minimum atomic E-state index is -1.20. The molecule has 292 valence electrons. The Morgan fingerprint density at radius 3 is 2.16 bits per heavy atom. The van der Waals surface area contributed by atoms with Crippen LogP contribution in [0.2, 0.25) is 0 Å². The third-order valence-electron chi connectivity index (χ3n) is 9.88. The molecule has 0 radical (unpaired) electrons. The molecule has 4 aromatic rings. The number of aliphatic hydroxyl groups is 2. The number of para-hydroxylation sites is 1. The summed E-state index contributed by atoms with van der Waals surface area (Å²) in [5, 5.41) is 31.7. The number of nitrogens with one attached hydrogen (secondary N) is 3. The van der Waals surface area contributed by atoms with Crippen LogP contribution in [0.25, 0.3) is 11.1 Å². The smallest absolute Gasteiger partial charge is 0.407 e. The molecule has 5 N–H and O–H groups in total. The van der Waals surface area contributed by atoms with Crippen LogP contribution in [0, 0.1) is 11.3 Å². The van der Waals surface area contributed by atoms with Gasteiger partial charge in [-0.05, 0) is 59.6 Å². The van der Waals surface area contributed by atoms with E-state index in [2.05, 4.69) is 20.9 Å². The van der Waals surface area contributed by atoms with E-state index in [0.717, 1.165) is 28.1 Å². The van der Waals surface area contributed by atoms with Crippen molar-refractivity contribution in [3.63, 3.8) is 0 Å².